The molecule has 0 atom stereocenters. The number of carbonyl (C=O) groups is 1. The third-order valence-electron chi connectivity index (χ3n) is 2.51. The molecule has 0 aliphatic heterocycles. The molecule has 0 aliphatic rings. The van der Waals surface area contributed by atoms with Gasteiger partial charge in [-0.25, -0.2) is 4.79 Å². The first kappa shape index (κ1) is 13.3. The second kappa shape index (κ2) is 5.67. The molecule has 0 saturated heterocycles. The molecule has 0 saturated carbocycles. The molecule has 0 bridgehead atoms. The van der Waals surface area contributed by atoms with E-state index in [1.165, 1.54) is 19.2 Å². The van der Waals surface area contributed by atoms with Crippen molar-refractivity contribution in [2.24, 2.45) is 0 Å². The smallest absolute Gasteiger partial charge is 0.335 e. The van der Waals surface area contributed by atoms with E-state index in [1.807, 2.05) is 12.1 Å². The maximum Gasteiger partial charge on any atom is 0.335 e. The molecule has 19 heavy (non-hydrogen) atoms. The number of carboxylic acid groups (broad SMARTS) is 1. The maximum atomic E-state index is 10.9. The van der Waals surface area contributed by atoms with Crippen molar-refractivity contribution in [2.45, 2.75) is 6.61 Å². The average molecular weight is 282 g/mol. The van der Waals surface area contributed by atoms with Crippen LogP contribution >= 0.6 is 11.6 Å². The van der Waals surface area contributed by atoms with Crippen molar-refractivity contribution < 1.29 is 19.4 Å². The predicted molar refractivity (Wildman–Crippen MR) is 70.1 cm³/mol. The van der Waals surface area contributed by atoms with Crippen molar-refractivity contribution in [3.8, 4) is 11.5 Å². The first-order valence-electron chi connectivity index (χ1n) is 5.47. The Hall–Kier alpha value is -2.14. The number of H-pyrrole nitrogens is 1. The standard InChI is InChI=1S/C13H12ClNO4/c1-18-11-6-8(13(16)17)5-10(14)12(11)19-7-9-3-2-4-15-9/h2-6,15H,7H2,1H3,(H,16,17). The van der Waals surface area contributed by atoms with E-state index in [0.717, 1.165) is 5.69 Å². The molecule has 1 aromatic carbocycles. The molecule has 0 radical (unpaired) electrons. The molecule has 0 aliphatic carbocycles. The van der Waals surface area contributed by atoms with Crippen LogP contribution in [0.1, 0.15) is 16.1 Å². The Morgan fingerprint density at radius 3 is 2.84 bits per heavy atom. The number of nitrogens with one attached hydrogen (secondary N) is 1. The van der Waals surface area contributed by atoms with Crippen molar-refractivity contribution in [1.82, 2.24) is 4.98 Å². The first-order valence-corrected chi connectivity index (χ1v) is 5.85. The zero-order chi connectivity index (χ0) is 13.8. The Kier molecular flexibility index (Phi) is 3.97. The lowest BCUT2D eigenvalue weighted by atomic mass is 10.2. The lowest BCUT2D eigenvalue weighted by Gasteiger charge is -2.12. The second-order valence-electron chi connectivity index (χ2n) is 3.78. The minimum atomic E-state index is -1.07. The summed E-state index contributed by atoms with van der Waals surface area (Å²) in [4.78, 5) is 13.9. The zero-order valence-corrected chi connectivity index (χ0v) is 10.9. The molecule has 2 rings (SSSR count). The van der Waals surface area contributed by atoms with Gasteiger partial charge in [-0.1, -0.05) is 11.6 Å². The molecule has 5 nitrogen and oxygen atoms in total. The Bertz CT molecular complexity index is 581. The summed E-state index contributed by atoms with van der Waals surface area (Å²) in [6.07, 6.45) is 1.78. The SMILES string of the molecule is COc1cc(C(=O)O)cc(Cl)c1OCc1ccc[nH]1. The number of ether oxygens (including phenoxy) is 2. The van der Waals surface area contributed by atoms with Gasteiger partial charge in [-0.05, 0) is 24.3 Å². The Labute approximate surface area is 114 Å². The number of benzene rings is 1. The number of halogens is 1. The van der Waals surface area contributed by atoms with Gasteiger partial charge in [0.1, 0.15) is 6.61 Å². The van der Waals surface area contributed by atoms with Crippen LogP contribution in [0.25, 0.3) is 0 Å². The summed E-state index contributed by atoms with van der Waals surface area (Å²) in [5.74, 6) is -0.462. The topological polar surface area (TPSA) is 71.6 Å². The van der Waals surface area contributed by atoms with Crippen LogP contribution in [0.5, 0.6) is 11.5 Å². The molecule has 100 valence electrons. The minimum absolute atomic E-state index is 0.0501. The monoisotopic (exact) mass is 281 g/mol. The molecule has 2 N–H and O–H groups in total. The lowest BCUT2D eigenvalue weighted by Crippen LogP contribution is -2.02. The van der Waals surface area contributed by atoms with Crippen molar-refractivity contribution in [2.75, 3.05) is 7.11 Å². The van der Waals surface area contributed by atoms with Crippen LogP contribution in [0.15, 0.2) is 30.5 Å². The van der Waals surface area contributed by atoms with Gasteiger partial charge in [0.15, 0.2) is 11.5 Å². The van der Waals surface area contributed by atoms with Gasteiger partial charge in [0.05, 0.1) is 23.4 Å². The molecule has 6 heteroatoms. The number of aromatic amines is 1. The van der Waals surface area contributed by atoms with Gasteiger partial charge in [-0.3, -0.25) is 0 Å². The molecule has 0 spiro atoms. The zero-order valence-electron chi connectivity index (χ0n) is 10.1. The highest BCUT2D eigenvalue weighted by Crippen LogP contribution is 2.36. The Morgan fingerprint density at radius 1 is 1.47 bits per heavy atom. The fraction of sp³-hybridized carbons (Fsp3) is 0.154. The van der Waals surface area contributed by atoms with E-state index in [9.17, 15) is 4.79 Å². The molecular weight excluding hydrogens is 270 g/mol. The van der Waals surface area contributed by atoms with Gasteiger partial charge in [0.25, 0.3) is 0 Å². The van der Waals surface area contributed by atoms with Gasteiger partial charge in [-0.15, -0.1) is 0 Å². The average Bonchev–Trinajstić information content (AvgIpc) is 2.89. The summed E-state index contributed by atoms with van der Waals surface area (Å²) in [5, 5.41) is 9.14. The fourth-order valence-electron chi connectivity index (χ4n) is 1.59. The largest absolute Gasteiger partial charge is 0.493 e. The van der Waals surface area contributed by atoms with Crippen molar-refractivity contribution >= 4 is 17.6 Å². The molecule has 0 amide bonds. The number of aromatic nitrogens is 1. The number of hydrogen-bond donors (Lipinski definition) is 2. The van der Waals surface area contributed by atoms with Crippen LogP contribution in [0.2, 0.25) is 5.02 Å². The fourth-order valence-corrected chi connectivity index (χ4v) is 1.86. The van der Waals surface area contributed by atoms with E-state index in [0.29, 0.717) is 5.75 Å². The normalized spacial score (nSPS) is 10.2. The van der Waals surface area contributed by atoms with Gasteiger partial charge in [0.2, 0.25) is 0 Å². The molecular formula is C13H12ClNO4. The molecule has 0 unspecified atom stereocenters. The van der Waals surface area contributed by atoms with Gasteiger partial charge >= 0.3 is 5.97 Å². The molecule has 1 heterocycles. The summed E-state index contributed by atoms with van der Waals surface area (Å²) in [5.41, 5.74) is 0.925. The predicted octanol–water partition coefficient (Wildman–Crippen LogP) is 2.95. The van der Waals surface area contributed by atoms with Crippen LogP contribution in [0.4, 0.5) is 0 Å². The van der Waals surface area contributed by atoms with Crippen molar-refractivity contribution in [1.29, 1.82) is 0 Å². The van der Waals surface area contributed by atoms with Crippen LogP contribution in [-0.2, 0) is 6.61 Å². The Balaban J connectivity index is 2.26. The molecule has 1 aromatic heterocycles. The molecule has 2 aromatic rings. The van der Waals surface area contributed by atoms with Crippen LogP contribution < -0.4 is 9.47 Å². The summed E-state index contributed by atoms with van der Waals surface area (Å²) in [6, 6.07) is 6.42. The highest BCUT2D eigenvalue weighted by atomic mass is 35.5. The van der Waals surface area contributed by atoms with Crippen molar-refractivity contribution in [3.05, 3.63) is 46.7 Å². The minimum Gasteiger partial charge on any atom is -0.493 e. The summed E-state index contributed by atoms with van der Waals surface area (Å²) in [6.45, 7) is 0.287. The quantitative estimate of drug-likeness (QED) is 0.884. The van der Waals surface area contributed by atoms with E-state index in [4.69, 9.17) is 26.2 Å². The van der Waals surface area contributed by atoms with Crippen LogP contribution in [0, 0.1) is 0 Å². The summed E-state index contributed by atoms with van der Waals surface area (Å²) in [7, 11) is 1.43. The van der Waals surface area contributed by atoms with E-state index in [2.05, 4.69) is 4.98 Å². The van der Waals surface area contributed by atoms with E-state index >= 15 is 0 Å². The number of rotatable bonds is 5. The van der Waals surface area contributed by atoms with Gasteiger partial charge in [0, 0.05) is 6.20 Å². The number of methoxy groups -OCH3 is 1. The summed E-state index contributed by atoms with van der Waals surface area (Å²) < 4.78 is 10.7. The van der Waals surface area contributed by atoms with E-state index in [1.54, 1.807) is 6.20 Å². The van der Waals surface area contributed by atoms with E-state index in [-0.39, 0.29) is 22.9 Å². The third kappa shape index (κ3) is 3.00. The van der Waals surface area contributed by atoms with Gasteiger partial charge in [-0.2, -0.15) is 0 Å². The second-order valence-corrected chi connectivity index (χ2v) is 4.19. The van der Waals surface area contributed by atoms with Crippen molar-refractivity contribution in [3.63, 3.8) is 0 Å². The third-order valence-corrected chi connectivity index (χ3v) is 2.79. The highest BCUT2D eigenvalue weighted by molar-refractivity contribution is 6.32. The Morgan fingerprint density at radius 2 is 2.26 bits per heavy atom. The summed E-state index contributed by atoms with van der Waals surface area (Å²) >= 11 is 6.02. The number of hydrogen-bond acceptors (Lipinski definition) is 3. The van der Waals surface area contributed by atoms with Gasteiger partial charge < -0.3 is 19.6 Å². The number of aromatic carboxylic acids is 1. The van der Waals surface area contributed by atoms with Crippen LogP contribution in [-0.4, -0.2) is 23.2 Å². The van der Waals surface area contributed by atoms with E-state index < -0.39 is 5.97 Å². The number of carboxylic acids is 1. The van der Waals surface area contributed by atoms with Crippen LogP contribution in [0.3, 0.4) is 0 Å². The molecule has 0 fully saturated rings. The lowest BCUT2D eigenvalue weighted by molar-refractivity contribution is 0.0696. The highest BCUT2D eigenvalue weighted by Gasteiger charge is 2.15. The first-order chi connectivity index (χ1) is 9.11. The maximum absolute atomic E-state index is 10.9.